The molecule has 5 nitrogen and oxygen atoms in total. The monoisotopic (exact) mass is 203 g/mol. The summed E-state index contributed by atoms with van der Waals surface area (Å²) in [4.78, 5) is 3.74. The van der Waals surface area contributed by atoms with E-state index in [0.717, 1.165) is 0 Å². The van der Waals surface area contributed by atoms with E-state index in [1.165, 1.54) is 18.5 Å². The molecule has 0 aliphatic heterocycles. The number of aromatic nitrogens is 1. The van der Waals surface area contributed by atoms with E-state index < -0.39 is 12.2 Å². The van der Waals surface area contributed by atoms with Crippen molar-refractivity contribution < 1.29 is 10.2 Å². The van der Waals surface area contributed by atoms with E-state index in [2.05, 4.69) is 4.98 Å². The van der Waals surface area contributed by atoms with Gasteiger partial charge in [-0.2, -0.15) is 10.5 Å². The second kappa shape index (κ2) is 5.06. The lowest BCUT2D eigenvalue weighted by Crippen LogP contribution is -2.17. The molecular weight excluding hydrogens is 194 g/mol. The van der Waals surface area contributed by atoms with Crippen LogP contribution in [0.1, 0.15) is 23.7 Å². The van der Waals surface area contributed by atoms with Crippen molar-refractivity contribution in [1.82, 2.24) is 4.98 Å². The van der Waals surface area contributed by atoms with Gasteiger partial charge in [0, 0.05) is 18.0 Å². The van der Waals surface area contributed by atoms with Crippen molar-refractivity contribution in [2.24, 2.45) is 0 Å². The van der Waals surface area contributed by atoms with Gasteiger partial charge in [0.1, 0.15) is 12.2 Å². The summed E-state index contributed by atoms with van der Waals surface area (Å²) in [6, 6.07) is 5.05. The Morgan fingerprint density at radius 1 is 1.33 bits per heavy atom. The minimum atomic E-state index is -1.19. The SMILES string of the molecule is N#CCC(O)C(O)c1cncc(C#N)c1. The smallest absolute Gasteiger partial charge is 0.107 e. The van der Waals surface area contributed by atoms with Gasteiger partial charge in [-0.3, -0.25) is 4.98 Å². The third kappa shape index (κ3) is 2.75. The van der Waals surface area contributed by atoms with Gasteiger partial charge in [0.25, 0.3) is 0 Å². The van der Waals surface area contributed by atoms with Gasteiger partial charge in [-0.25, -0.2) is 0 Å². The molecular formula is C10H9N3O2. The van der Waals surface area contributed by atoms with Crippen molar-refractivity contribution in [1.29, 1.82) is 10.5 Å². The molecule has 15 heavy (non-hydrogen) atoms. The Bertz CT molecular complexity index is 419. The molecule has 0 aliphatic carbocycles. The Morgan fingerprint density at radius 3 is 2.67 bits per heavy atom. The Morgan fingerprint density at radius 2 is 2.07 bits per heavy atom. The third-order valence-corrected chi connectivity index (χ3v) is 1.89. The summed E-state index contributed by atoms with van der Waals surface area (Å²) >= 11 is 0. The van der Waals surface area contributed by atoms with Crippen LogP contribution in [0.25, 0.3) is 0 Å². The second-order valence-corrected chi connectivity index (χ2v) is 2.99. The Balaban J connectivity index is 2.87. The van der Waals surface area contributed by atoms with Crippen molar-refractivity contribution >= 4 is 0 Å². The van der Waals surface area contributed by atoms with Gasteiger partial charge in [0.05, 0.1) is 24.2 Å². The summed E-state index contributed by atoms with van der Waals surface area (Å²) in [6.45, 7) is 0. The fraction of sp³-hybridized carbons (Fsp3) is 0.300. The van der Waals surface area contributed by atoms with Gasteiger partial charge in [-0.05, 0) is 6.07 Å². The average Bonchev–Trinajstić information content (AvgIpc) is 2.28. The van der Waals surface area contributed by atoms with Crippen molar-refractivity contribution in [2.45, 2.75) is 18.6 Å². The van der Waals surface area contributed by atoms with Gasteiger partial charge in [0.2, 0.25) is 0 Å². The van der Waals surface area contributed by atoms with Crippen LogP contribution in [-0.4, -0.2) is 21.3 Å². The van der Waals surface area contributed by atoms with Crippen LogP contribution >= 0.6 is 0 Å². The van der Waals surface area contributed by atoms with E-state index in [1.807, 2.05) is 6.07 Å². The summed E-state index contributed by atoms with van der Waals surface area (Å²) in [5, 5.41) is 35.9. The topological polar surface area (TPSA) is 101 Å². The second-order valence-electron chi connectivity index (χ2n) is 2.99. The number of hydrogen-bond acceptors (Lipinski definition) is 5. The Hall–Kier alpha value is -1.95. The number of hydrogen-bond donors (Lipinski definition) is 2. The van der Waals surface area contributed by atoms with Crippen LogP contribution in [0, 0.1) is 22.7 Å². The summed E-state index contributed by atoms with van der Waals surface area (Å²) in [5.41, 5.74) is 0.632. The van der Waals surface area contributed by atoms with Crippen LogP contribution in [0.2, 0.25) is 0 Å². The summed E-state index contributed by atoms with van der Waals surface area (Å²) in [5.74, 6) is 0. The molecule has 2 N–H and O–H groups in total. The molecule has 0 bridgehead atoms. The summed E-state index contributed by atoms with van der Waals surface area (Å²) in [7, 11) is 0. The molecule has 1 heterocycles. The van der Waals surface area contributed by atoms with Crippen LogP contribution in [0.5, 0.6) is 0 Å². The van der Waals surface area contributed by atoms with E-state index in [4.69, 9.17) is 10.5 Å². The maximum Gasteiger partial charge on any atom is 0.107 e. The van der Waals surface area contributed by atoms with Crippen molar-refractivity contribution in [2.75, 3.05) is 0 Å². The summed E-state index contributed by atoms with van der Waals surface area (Å²) in [6.07, 6.45) is 0.188. The van der Waals surface area contributed by atoms with Crippen LogP contribution in [0.4, 0.5) is 0 Å². The maximum absolute atomic E-state index is 9.59. The first-order valence-electron chi connectivity index (χ1n) is 4.27. The predicted octanol–water partition coefficient (Wildman–Crippen LogP) is 0.261. The van der Waals surface area contributed by atoms with Crippen molar-refractivity contribution in [3.05, 3.63) is 29.6 Å². The first-order chi connectivity index (χ1) is 7.19. The molecule has 76 valence electrons. The van der Waals surface area contributed by atoms with Crippen LogP contribution in [-0.2, 0) is 0 Å². The summed E-state index contributed by atoms with van der Waals surface area (Å²) < 4.78 is 0. The molecule has 1 aromatic rings. The van der Waals surface area contributed by atoms with E-state index in [9.17, 15) is 10.2 Å². The first kappa shape index (κ1) is 11.1. The lowest BCUT2D eigenvalue weighted by atomic mass is 10.0. The van der Waals surface area contributed by atoms with Gasteiger partial charge in [0.15, 0.2) is 0 Å². The highest BCUT2D eigenvalue weighted by atomic mass is 16.3. The number of pyridine rings is 1. The normalized spacial score (nSPS) is 13.6. The first-order valence-corrected chi connectivity index (χ1v) is 4.27. The maximum atomic E-state index is 9.59. The number of aliphatic hydroxyl groups is 2. The zero-order valence-electron chi connectivity index (χ0n) is 7.83. The van der Waals surface area contributed by atoms with E-state index in [-0.39, 0.29) is 6.42 Å². The molecule has 5 heteroatoms. The predicted molar refractivity (Wildman–Crippen MR) is 50.1 cm³/mol. The van der Waals surface area contributed by atoms with Crippen LogP contribution in [0.15, 0.2) is 18.5 Å². The largest absolute Gasteiger partial charge is 0.389 e. The molecule has 2 unspecified atom stereocenters. The number of nitrogens with zero attached hydrogens (tertiary/aromatic N) is 3. The lowest BCUT2D eigenvalue weighted by Gasteiger charge is -2.14. The highest BCUT2D eigenvalue weighted by Crippen LogP contribution is 2.18. The molecule has 1 rings (SSSR count). The Kier molecular flexibility index (Phi) is 3.75. The van der Waals surface area contributed by atoms with Gasteiger partial charge < -0.3 is 10.2 Å². The molecule has 0 amide bonds. The zero-order valence-corrected chi connectivity index (χ0v) is 7.83. The molecule has 0 spiro atoms. The molecule has 2 atom stereocenters. The van der Waals surface area contributed by atoms with Crippen LogP contribution in [0.3, 0.4) is 0 Å². The lowest BCUT2D eigenvalue weighted by molar-refractivity contribution is 0.0214. The zero-order chi connectivity index (χ0) is 11.3. The molecule has 0 saturated carbocycles. The van der Waals surface area contributed by atoms with E-state index >= 15 is 0 Å². The number of aliphatic hydroxyl groups excluding tert-OH is 2. The number of rotatable bonds is 3. The molecule has 0 saturated heterocycles. The minimum Gasteiger partial charge on any atom is -0.389 e. The Labute approximate surface area is 86.8 Å². The highest BCUT2D eigenvalue weighted by molar-refractivity contribution is 5.30. The fourth-order valence-electron chi connectivity index (χ4n) is 1.11. The van der Waals surface area contributed by atoms with E-state index in [1.54, 1.807) is 6.07 Å². The average molecular weight is 203 g/mol. The molecule has 0 radical (unpaired) electrons. The standard InChI is InChI=1S/C10H9N3O2/c11-2-1-9(14)10(15)8-3-7(4-12)5-13-6-8/h3,5-6,9-10,14-15H,1H2. The van der Waals surface area contributed by atoms with Crippen LogP contribution < -0.4 is 0 Å². The van der Waals surface area contributed by atoms with Gasteiger partial charge >= 0.3 is 0 Å². The van der Waals surface area contributed by atoms with Gasteiger partial charge in [-0.15, -0.1) is 0 Å². The van der Waals surface area contributed by atoms with Crippen molar-refractivity contribution in [3.63, 3.8) is 0 Å². The van der Waals surface area contributed by atoms with Gasteiger partial charge in [-0.1, -0.05) is 0 Å². The quantitative estimate of drug-likeness (QED) is 0.733. The highest BCUT2D eigenvalue weighted by Gasteiger charge is 2.18. The minimum absolute atomic E-state index is 0.169. The molecule has 0 fully saturated rings. The molecule has 1 aromatic heterocycles. The third-order valence-electron chi connectivity index (χ3n) is 1.89. The number of nitriles is 2. The molecule has 0 aromatic carbocycles. The van der Waals surface area contributed by atoms with E-state index in [0.29, 0.717) is 11.1 Å². The fourth-order valence-corrected chi connectivity index (χ4v) is 1.11. The molecule has 0 aliphatic rings. The van der Waals surface area contributed by atoms with Crippen molar-refractivity contribution in [3.8, 4) is 12.1 Å².